The van der Waals surface area contributed by atoms with Crippen LogP contribution in [0.4, 0.5) is 0 Å². The van der Waals surface area contributed by atoms with Crippen LogP contribution < -0.4 is 4.74 Å². The van der Waals surface area contributed by atoms with Crippen molar-refractivity contribution in [1.82, 2.24) is 0 Å². The van der Waals surface area contributed by atoms with Crippen molar-refractivity contribution in [2.45, 2.75) is 19.3 Å². The van der Waals surface area contributed by atoms with Crippen LogP contribution in [0.3, 0.4) is 0 Å². The summed E-state index contributed by atoms with van der Waals surface area (Å²) in [5, 5.41) is 0.870. The molecule has 0 radical (unpaired) electrons. The Kier molecular flexibility index (Phi) is 6.86. The molecule has 0 aliphatic heterocycles. The van der Waals surface area contributed by atoms with Gasteiger partial charge in [-0.05, 0) is 36.8 Å². The van der Waals surface area contributed by atoms with E-state index in [0.29, 0.717) is 12.3 Å². The monoisotopic (exact) mass is 348 g/mol. The van der Waals surface area contributed by atoms with Gasteiger partial charge in [0, 0.05) is 17.3 Å². The van der Waals surface area contributed by atoms with E-state index < -0.39 is 9.84 Å². The summed E-state index contributed by atoms with van der Waals surface area (Å²) < 4.78 is 27.6. The SMILES string of the molecule is COc1ccccc1CC(CBr)CCCS(C)(=O)=O. The van der Waals surface area contributed by atoms with Crippen LogP contribution >= 0.6 is 15.9 Å². The number of para-hydroxylation sites is 1. The maximum Gasteiger partial charge on any atom is 0.147 e. The topological polar surface area (TPSA) is 43.4 Å². The van der Waals surface area contributed by atoms with E-state index in [9.17, 15) is 8.42 Å². The average Bonchev–Trinajstić information content (AvgIpc) is 2.36. The van der Waals surface area contributed by atoms with Gasteiger partial charge in [0.15, 0.2) is 0 Å². The van der Waals surface area contributed by atoms with Crippen LogP contribution in [0.25, 0.3) is 0 Å². The Bertz CT molecular complexity index is 485. The van der Waals surface area contributed by atoms with Gasteiger partial charge in [-0.15, -0.1) is 0 Å². The molecule has 1 rings (SSSR count). The van der Waals surface area contributed by atoms with Gasteiger partial charge in [-0.1, -0.05) is 34.1 Å². The summed E-state index contributed by atoms with van der Waals surface area (Å²) in [6, 6.07) is 7.97. The first-order chi connectivity index (χ1) is 8.96. The number of ether oxygens (including phenoxy) is 1. The van der Waals surface area contributed by atoms with Crippen LogP contribution in [-0.2, 0) is 16.3 Å². The fourth-order valence-corrected chi connectivity index (χ4v) is 3.29. The molecule has 1 aromatic carbocycles. The lowest BCUT2D eigenvalue weighted by Crippen LogP contribution is -2.10. The first-order valence-corrected chi connectivity index (χ1v) is 9.50. The molecule has 1 unspecified atom stereocenters. The van der Waals surface area contributed by atoms with E-state index in [0.717, 1.165) is 23.9 Å². The summed E-state index contributed by atoms with van der Waals surface area (Å²) in [4.78, 5) is 0. The molecule has 0 heterocycles. The van der Waals surface area contributed by atoms with Crippen LogP contribution in [0, 0.1) is 5.92 Å². The average molecular weight is 349 g/mol. The van der Waals surface area contributed by atoms with Crippen LogP contribution in [0.1, 0.15) is 18.4 Å². The van der Waals surface area contributed by atoms with Crippen molar-refractivity contribution >= 4 is 25.8 Å². The number of sulfone groups is 1. The van der Waals surface area contributed by atoms with Gasteiger partial charge in [0.1, 0.15) is 15.6 Å². The lowest BCUT2D eigenvalue weighted by molar-refractivity contribution is 0.404. The molecular formula is C14H21BrO3S. The normalized spacial score (nSPS) is 13.2. The maximum atomic E-state index is 11.1. The number of hydrogen-bond donors (Lipinski definition) is 0. The Hall–Kier alpha value is -0.550. The van der Waals surface area contributed by atoms with E-state index in [1.807, 2.05) is 18.2 Å². The lowest BCUT2D eigenvalue weighted by atomic mass is 9.96. The Morgan fingerprint density at radius 2 is 2.00 bits per heavy atom. The van der Waals surface area contributed by atoms with Crippen molar-refractivity contribution in [2.75, 3.05) is 24.4 Å². The van der Waals surface area contributed by atoms with Crippen molar-refractivity contribution in [3.63, 3.8) is 0 Å². The second-order valence-electron chi connectivity index (χ2n) is 4.81. The lowest BCUT2D eigenvalue weighted by Gasteiger charge is -2.15. The molecule has 0 N–H and O–H groups in total. The number of alkyl halides is 1. The maximum absolute atomic E-state index is 11.1. The number of benzene rings is 1. The van der Waals surface area contributed by atoms with Crippen LogP contribution in [-0.4, -0.2) is 32.9 Å². The summed E-state index contributed by atoms with van der Waals surface area (Å²) in [7, 11) is -1.18. The van der Waals surface area contributed by atoms with E-state index in [2.05, 4.69) is 22.0 Å². The first-order valence-electron chi connectivity index (χ1n) is 6.32. The largest absolute Gasteiger partial charge is 0.496 e. The van der Waals surface area contributed by atoms with Crippen molar-refractivity contribution < 1.29 is 13.2 Å². The summed E-state index contributed by atoms with van der Waals surface area (Å²) in [5.41, 5.74) is 1.17. The number of halogens is 1. The predicted octanol–water partition coefficient (Wildman–Crippen LogP) is 3.07. The quantitative estimate of drug-likeness (QED) is 0.678. The Labute approximate surface area is 124 Å². The Morgan fingerprint density at radius 3 is 2.58 bits per heavy atom. The summed E-state index contributed by atoms with van der Waals surface area (Å²) in [5.74, 6) is 1.59. The fraction of sp³-hybridized carbons (Fsp3) is 0.571. The third-order valence-electron chi connectivity index (χ3n) is 3.05. The molecule has 0 bridgehead atoms. The number of rotatable bonds is 8. The van der Waals surface area contributed by atoms with Gasteiger partial charge in [-0.25, -0.2) is 8.42 Å². The van der Waals surface area contributed by atoms with Crippen LogP contribution in [0.2, 0.25) is 0 Å². The second-order valence-corrected chi connectivity index (χ2v) is 7.72. The molecule has 5 heteroatoms. The smallest absolute Gasteiger partial charge is 0.147 e. The van der Waals surface area contributed by atoms with E-state index in [1.165, 1.54) is 11.8 Å². The van der Waals surface area contributed by atoms with Gasteiger partial charge >= 0.3 is 0 Å². The minimum Gasteiger partial charge on any atom is -0.496 e. The highest BCUT2D eigenvalue weighted by molar-refractivity contribution is 9.09. The Balaban J connectivity index is 2.56. The van der Waals surface area contributed by atoms with E-state index >= 15 is 0 Å². The van der Waals surface area contributed by atoms with E-state index in [1.54, 1.807) is 7.11 Å². The molecule has 0 saturated carbocycles. The van der Waals surface area contributed by atoms with Gasteiger partial charge < -0.3 is 4.74 Å². The minimum absolute atomic E-state index is 0.266. The fourth-order valence-electron chi connectivity index (χ4n) is 2.05. The summed E-state index contributed by atoms with van der Waals surface area (Å²) in [6.45, 7) is 0. The minimum atomic E-state index is -2.85. The molecule has 0 aliphatic rings. The van der Waals surface area contributed by atoms with Crippen molar-refractivity contribution in [2.24, 2.45) is 5.92 Å². The summed E-state index contributed by atoms with van der Waals surface area (Å²) >= 11 is 3.51. The molecule has 3 nitrogen and oxygen atoms in total. The molecule has 0 aromatic heterocycles. The molecule has 0 saturated heterocycles. The third kappa shape index (κ3) is 6.43. The van der Waals surface area contributed by atoms with Crippen molar-refractivity contribution in [1.29, 1.82) is 0 Å². The molecule has 1 aromatic rings. The number of methoxy groups -OCH3 is 1. The second kappa shape index (κ2) is 7.90. The third-order valence-corrected chi connectivity index (χ3v) is 4.99. The standard InChI is InChI=1S/C14H21BrO3S/c1-18-14-8-4-3-7-13(14)10-12(11-15)6-5-9-19(2,16)17/h3-4,7-8,12H,5-6,9-11H2,1-2H3. The Morgan fingerprint density at radius 1 is 1.32 bits per heavy atom. The molecule has 0 fully saturated rings. The van der Waals surface area contributed by atoms with Gasteiger partial charge in [-0.2, -0.15) is 0 Å². The van der Waals surface area contributed by atoms with Crippen LogP contribution in [0.15, 0.2) is 24.3 Å². The van der Waals surface area contributed by atoms with Gasteiger partial charge in [-0.3, -0.25) is 0 Å². The zero-order chi connectivity index (χ0) is 14.3. The zero-order valence-corrected chi connectivity index (χ0v) is 13.8. The molecule has 19 heavy (non-hydrogen) atoms. The van der Waals surface area contributed by atoms with E-state index in [4.69, 9.17) is 4.74 Å². The van der Waals surface area contributed by atoms with Gasteiger partial charge in [0.2, 0.25) is 0 Å². The van der Waals surface area contributed by atoms with Gasteiger partial charge in [0.05, 0.1) is 7.11 Å². The van der Waals surface area contributed by atoms with Crippen molar-refractivity contribution in [3.05, 3.63) is 29.8 Å². The zero-order valence-electron chi connectivity index (χ0n) is 11.4. The number of hydrogen-bond acceptors (Lipinski definition) is 3. The van der Waals surface area contributed by atoms with Crippen LogP contribution in [0.5, 0.6) is 5.75 Å². The summed E-state index contributed by atoms with van der Waals surface area (Å²) in [6.07, 6.45) is 3.80. The molecule has 0 spiro atoms. The molecule has 0 aliphatic carbocycles. The highest BCUT2D eigenvalue weighted by Gasteiger charge is 2.12. The molecule has 0 amide bonds. The molecule has 1 atom stereocenters. The molecular weight excluding hydrogens is 328 g/mol. The molecule has 108 valence electrons. The predicted molar refractivity (Wildman–Crippen MR) is 82.9 cm³/mol. The van der Waals surface area contributed by atoms with E-state index in [-0.39, 0.29) is 5.75 Å². The highest BCUT2D eigenvalue weighted by atomic mass is 79.9. The first kappa shape index (κ1) is 16.5. The highest BCUT2D eigenvalue weighted by Crippen LogP contribution is 2.24. The van der Waals surface area contributed by atoms with Crippen molar-refractivity contribution in [3.8, 4) is 5.75 Å². The van der Waals surface area contributed by atoms with Gasteiger partial charge in [0.25, 0.3) is 0 Å².